The molecule has 2 N–H and O–H groups in total. The molecule has 4 nitrogen and oxygen atoms in total. The highest BCUT2D eigenvalue weighted by molar-refractivity contribution is 5.93. The molecule has 0 bridgehead atoms. The molecule has 0 saturated carbocycles. The molecule has 80 valence electrons. The highest BCUT2D eigenvalue weighted by atomic mass is 16.4. The number of hydrogen-bond donors (Lipinski definition) is 2. The number of hydrogen-bond acceptors (Lipinski definition) is 2. The third-order valence-corrected chi connectivity index (χ3v) is 1.92. The SMILES string of the molecule is Cc1ccc(CNC(=O)CC(=O)O)cc1. The van der Waals surface area contributed by atoms with Crippen molar-refractivity contribution in [2.45, 2.75) is 19.9 Å². The molecule has 1 amide bonds. The van der Waals surface area contributed by atoms with Gasteiger partial charge < -0.3 is 10.4 Å². The van der Waals surface area contributed by atoms with E-state index in [0.29, 0.717) is 6.54 Å². The number of carboxylic acids is 1. The van der Waals surface area contributed by atoms with E-state index in [1.165, 1.54) is 0 Å². The van der Waals surface area contributed by atoms with Crippen molar-refractivity contribution in [3.05, 3.63) is 35.4 Å². The molecule has 0 saturated heterocycles. The monoisotopic (exact) mass is 207 g/mol. The highest BCUT2D eigenvalue weighted by Gasteiger charge is 2.06. The smallest absolute Gasteiger partial charge is 0.312 e. The van der Waals surface area contributed by atoms with Crippen molar-refractivity contribution in [2.24, 2.45) is 0 Å². The van der Waals surface area contributed by atoms with E-state index < -0.39 is 18.3 Å². The summed E-state index contributed by atoms with van der Waals surface area (Å²) in [5.41, 5.74) is 2.11. The maximum absolute atomic E-state index is 11.0. The Morgan fingerprint density at radius 2 is 1.87 bits per heavy atom. The molecule has 0 spiro atoms. The molecule has 15 heavy (non-hydrogen) atoms. The summed E-state index contributed by atoms with van der Waals surface area (Å²) in [6.07, 6.45) is -0.480. The Balaban J connectivity index is 2.40. The number of rotatable bonds is 4. The lowest BCUT2D eigenvalue weighted by molar-refractivity contribution is -0.140. The van der Waals surface area contributed by atoms with Crippen LogP contribution in [0.15, 0.2) is 24.3 Å². The maximum atomic E-state index is 11.0. The fourth-order valence-electron chi connectivity index (χ4n) is 1.11. The van der Waals surface area contributed by atoms with Gasteiger partial charge in [-0.2, -0.15) is 0 Å². The number of aliphatic carboxylic acids is 1. The summed E-state index contributed by atoms with van der Waals surface area (Å²) in [5.74, 6) is -1.58. The van der Waals surface area contributed by atoms with Crippen molar-refractivity contribution in [3.8, 4) is 0 Å². The predicted octanol–water partition coefficient (Wildman–Crippen LogP) is 1.09. The van der Waals surface area contributed by atoms with E-state index >= 15 is 0 Å². The van der Waals surface area contributed by atoms with Crippen LogP contribution in [-0.2, 0) is 16.1 Å². The van der Waals surface area contributed by atoms with Crippen LogP contribution in [0.5, 0.6) is 0 Å². The average molecular weight is 207 g/mol. The molecule has 1 aromatic rings. The van der Waals surface area contributed by atoms with Crippen LogP contribution in [0.25, 0.3) is 0 Å². The Labute approximate surface area is 87.9 Å². The second-order valence-electron chi connectivity index (χ2n) is 3.33. The molecule has 0 radical (unpaired) electrons. The number of carbonyl (C=O) groups excluding carboxylic acids is 1. The zero-order chi connectivity index (χ0) is 11.3. The van der Waals surface area contributed by atoms with Crippen LogP contribution >= 0.6 is 0 Å². The van der Waals surface area contributed by atoms with Gasteiger partial charge in [-0.15, -0.1) is 0 Å². The Morgan fingerprint density at radius 1 is 1.27 bits per heavy atom. The summed E-state index contributed by atoms with van der Waals surface area (Å²) in [4.78, 5) is 21.2. The largest absolute Gasteiger partial charge is 0.481 e. The van der Waals surface area contributed by atoms with E-state index in [2.05, 4.69) is 5.32 Å². The molecule has 0 aromatic heterocycles. The maximum Gasteiger partial charge on any atom is 0.312 e. The first-order chi connectivity index (χ1) is 7.08. The minimum Gasteiger partial charge on any atom is -0.481 e. The molecule has 1 rings (SSSR count). The molecule has 0 atom stereocenters. The minimum atomic E-state index is -1.11. The first-order valence-electron chi connectivity index (χ1n) is 4.62. The second-order valence-corrected chi connectivity index (χ2v) is 3.33. The lowest BCUT2D eigenvalue weighted by atomic mass is 10.1. The molecule has 0 aliphatic carbocycles. The van der Waals surface area contributed by atoms with Crippen molar-refractivity contribution < 1.29 is 14.7 Å². The second kappa shape index (κ2) is 5.14. The first-order valence-corrected chi connectivity index (χ1v) is 4.62. The van der Waals surface area contributed by atoms with Crippen LogP contribution in [0, 0.1) is 6.92 Å². The van der Waals surface area contributed by atoms with Gasteiger partial charge in [0.15, 0.2) is 0 Å². The van der Waals surface area contributed by atoms with E-state index in [1.807, 2.05) is 31.2 Å². The van der Waals surface area contributed by atoms with Crippen molar-refractivity contribution >= 4 is 11.9 Å². The Kier molecular flexibility index (Phi) is 3.85. The normalized spacial score (nSPS) is 9.67. The summed E-state index contributed by atoms with van der Waals surface area (Å²) < 4.78 is 0. The molecule has 1 aromatic carbocycles. The van der Waals surface area contributed by atoms with Gasteiger partial charge in [0.2, 0.25) is 5.91 Å². The number of carbonyl (C=O) groups is 2. The fraction of sp³-hybridized carbons (Fsp3) is 0.273. The summed E-state index contributed by atoms with van der Waals surface area (Å²) in [6.45, 7) is 2.35. The molecular formula is C11H13NO3. The van der Waals surface area contributed by atoms with Crippen molar-refractivity contribution in [3.63, 3.8) is 0 Å². The van der Waals surface area contributed by atoms with Gasteiger partial charge in [-0.05, 0) is 12.5 Å². The van der Waals surface area contributed by atoms with E-state index in [4.69, 9.17) is 5.11 Å². The van der Waals surface area contributed by atoms with Gasteiger partial charge in [-0.1, -0.05) is 29.8 Å². The summed E-state index contributed by atoms with van der Waals surface area (Å²) in [6, 6.07) is 7.68. The zero-order valence-corrected chi connectivity index (χ0v) is 8.49. The van der Waals surface area contributed by atoms with Crippen LogP contribution < -0.4 is 5.32 Å². The summed E-state index contributed by atoms with van der Waals surface area (Å²) in [5, 5.41) is 10.9. The third kappa shape index (κ3) is 4.26. The summed E-state index contributed by atoms with van der Waals surface area (Å²) in [7, 11) is 0. The number of amides is 1. The number of nitrogens with one attached hydrogen (secondary N) is 1. The lowest BCUT2D eigenvalue weighted by Crippen LogP contribution is -2.24. The fourth-order valence-corrected chi connectivity index (χ4v) is 1.11. The number of carboxylic acid groups (broad SMARTS) is 1. The van der Waals surface area contributed by atoms with Gasteiger partial charge >= 0.3 is 5.97 Å². The molecule has 0 heterocycles. The predicted molar refractivity (Wildman–Crippen MR) is 55.3 cm³/mol. The van der Waals surface area contributed by atoms with Crippen molar-refractivity contribution in [2.75, 3.05) is 0 Å². The molecular weight excluding hydrogens is 194 g/mol. The average Bonchev–Trinajstić information content (AvgIpc) is 2.16. The van der Waals surface area contributed by atoms with Gasteiger partial charge in [0, 0.05) is 6.54 Å². The Bertz CT molecular complexity index is 357. The molecule has 0 unspecified atom stereocenters. The van der Waals surface area contributed by atoms with E-state index in [0.717, 1.165) is 11.1 Å². The van der Waals surface area contributed by atoms with Gasteiger partial charge in [0.25, 0.3) is 0 Å². The zero-order valence-electron chi connectivity index (χ0n) is 8.49. The topological polar surface area (TPSA) is 66.4 Å². The third-order valence-electron chi connectivity index (χ3n) is 1.92. The highest BCUT2D eigenvalue weighted by Crippen LogP contribution is 2.02. The standard InChI is InChI=1S/C11H13NO3/c1-8-2-4-9(5-3-8)7-12-10(13)6-11(14)15/h2-5H,6-7H2,1H3,(H,12,13)(H,14,15). The van der Waals surface area contributed by atoms with E-state index in [-0.39, 0.29) is 0 Å². The number of aryl methyl sites for hydroxylation is 1. The van der Waals surface area contributed by atoms with Gasteiger partial charge in [0.1, 0.15) is 6.42 Å². The van der Waals surface area contributed by atoms with Crippen LogP contribution in [-0.4, -0.2) is 17.0 Å². The van der Waals surface area contributed by atoms with Gasteiger partial charge in [-0.3, -0.25) is 9.59 Å². The Morgan fingerprint density at radius 3 is 2.40 bits per heavy atom. The minimum absolute atomic E-state index is 0.367. The molecule has 4 heteroatoms. The summed E-state index contributed by atoms with van der Waals surface area (Å²) >= 11 is 0. The van der Waals surface area contributed by atoms with Crippen LogP contribution in [0.1, 0.15) is 17.5 Å². The molecule has 0 fully saturated rings. The van der Waals surface area contributed by atoms with Crippen molar-refractivity contribution in [1.82, 2.24) is 5.32 Å². The van der Waals surface area contributed by atoms with Crippen LogP contribution in [0.4, 0.5) is 0 Å². The van der Waals surface area contributed by atoms with Gasteiger partial charge in [-0.25, -0.2) is 0 Å². The Hall–Kier alpha value is -1.84. The molecule has 0 aliphatic heterocycles. The van der Waals surface area contributed by atoms with Crippen molar-refractivity contribution in [1.29, 1.82) is 0 Å². The van der Waals surface area contributed by atoms with Crippen LogP contribution in [0.2, 0.25) is 0 Å². The molecule has 0 aliphatic rings. The van der Waals surface area contributed by atoms with Crippen LogP contribution in [0.3, 0.4) is 0 Å². The van der Waals surface area contributed by atoms with Gasteiger partial charge in [0.05, 0.1) is 0 Å². The van der Waals surface area contributed by atoms with E-state index in [1.54, 1.807) is 0 Å². The number of benzene rings is 1. The quantitative estimate of drug-likeness (QED) is 0.726. The van der Waals surface area contributed by atoms with E-state index in [9.17, 15) is 9.59 Å². The lowest BCUT2D eigenvalue weighted by Gasteiger charge is -2.03. The first kappa shape index (κ1) is 11.2.